The predicted molar refractivity (Wildman–Crippen MR) is 87.3 cm³/mol. The van der Waals surface area contributed by atoms with Crippen LogP contribution in [0, 0.1) is 0 Å². The van der Waals surface area contributed by atoms with Crippen molar-refractivity contribution < 1.29 is 4.63 Å². The zero-order valence-electron chi connectivity index (χ0n) is 12.9. The number of nitrogens with one attached hydrogen (secondary N) is 1. The molecule has 7 nitrogen and oxygen atoms in total. The van der Waals surface area contributed by atoms with Crippen molar-refractivity contribution in [3.8, 4) is 0 Å². The van der Waals surface area contributed by atoms with E-state index in [2.05, 4.69) is 49.6 Å². The van der Waals surface area contributed by atoms with Crippen LogP contribution in [0.5, 0.6) is 0 Å². The quantitative estimate of drug-likeness (QED) is 0.793. The molecule has 0 saturated carbocycles. The van der Waals surface area contributed by atoms with Crippen LogP contribution in [0.2, 0.25) is 0 Å². The third-order valence-corrected chi connectivity index (χ3v) is 4.15. The Hall–Kier alpha value is -2.70. The SMILES string of the molecule is C[C@H](Nc1nc2nonc2nc1N1CCCC1)c1ccccc1. The Labute approximate surface area is 133 Å². The minimum Gasteiger partial charge on any atom is -0.360 e. The van der Waals surface area contributed by atoms with Gasteiger partial charge in [0.15, 0.2) is 11.6 Å². The van der Waals surface area contributed by atoms with Crippen molar-refractivity contribution in [3.05, 3.63) is 35.9 Å². The third-order valence-electron chi connectivity index (χ3n) is 4.15. The molecule has 0 aliphatic carbocycles. The Bertz CT molecular complexity index is 797. The predicted octanol–water partition coefficient (Wildman–Crippen LogP) is 2.79. The van der Waals surface area contributed by atoms with E-state index < -0.39 is 0 Å². The van der Waals surface area contributed by atoms with E-state index in [1.54, 1.807) is 0 Å². The molecule has 1 saturated heterocycles. The van der Waals surface area contributed by atoms with Gasteiger partial charge in [-0.2, -0.15) is 0 Å². The van der Waals surface area contributed by atoms with Gasteiger partial charge in [0, 0.05) is 13.1 Å². The highest BCUT2D eigenvalue weighted by atomic mass is 16.6. The van der Waals surface area contributed by atoms with E-state index in [1.165, 1.54) is 18.4 Å². The van der Waals surface area contributed by atoms with Crippen LogP contribution >= 0.6 is 0 Å². The Morgan fingerprint density at radius 2 is 1.74 bits per heavy atom. The first-order chi connectivity index (χ1) is 11.3. The van der Waals surface area contributed by atoms with Gasteiger partial charge < -0.3 is 10.2 Å². The van der Waals surface area contributed by atoms with Crippen LogP contribution < -0.4 is 10.2 Å². The van der Waals surface area contributed by atoms with Crippen molar-refractivity contribution in [1.82, 2.24) is 20.3 Å². The van der Waals surface area contributed by atoms with Crippen LogP contribution in [0.15, 0.2) is 35.0 Å². The van der Waals surface area contributed by atoms with E-state index in [1.807, 2.05) is 18.2 Å². The second-order valence-corrected chi connectivity index (χ2v) is 5.78. The molecule has 1 fully saturated rings. The number of hydrogen-bond acceptors (Lipinski definition) is 7. The highest BCUT2D eigenvalue weighted by Gasteiger charge is 2.22. The van der Waals surface area contributed by atoms with Crippen molar-refractivity contribution in [2.24, 2.45) is 0 Å². The summed E-state index contributed by atoms with van der Waals surface area (Å²) in [5.41, 5.74) is 2.07. The lowest BCUT2D eigenvalue weighted by atomic mass is 10.1. The summed E-state index contributed by atoms with van der Waals surface area (Å²) in [6.45, 7) is 4.08. The number of nitrogens with zero attached hydrogens (tertiary/aromatic N) is 5. The van der Waals surface area contributed by atoms with Crippen LogP contribution in [0.25, 0.3) is 11.3 Å². The standard InChI is InChI=1S/C16H18N6O/c1-11(12-7-3-2-4-8-12)17-15-16(22-9-5-6-10-22)19-14-13(18-15)20-23-21-14/h2-4,7-8,11H,5-6,9-10H2,1H3,(H,17,18,20)/t11-/m0/s1. The molecule has 0 unspecified atom stereocenters. The summed E-state index contributed by atoms with van der Waals surface area (Å²) in [7, 11) is 0. The van der Waals surface area contributed by atoms with Gasteiger partial charge in [-0.15, -0.1) is 0 Å². The minimum absolute atomic E-state index is 0.115. The number of fused-ring (bicyclic) bond motifs is 1. The maximum absolute atomic E-state index is 4.76. The molecule has 1 aliphatic heterocycles. The van der Waals surface area contributed by atoms with Gasteiger partial charge in [0.05, 0.1) is 6.04 Å². The maximum atomic E-state index is 4.76. The van der Waals surface area contributed by atoms with Gasteiger partial charge in [-0.25, -0.2) is 14.6 Å². The number of anilines is 2. The zero-order valence-corrected chi connectivity index (χ0v) is 12.9. The first kappa shape index (κ1) is 13.9. The Balaban J connectivity index is 1.70. The van der Waals surface area contributed by atoms with Gasteiger partial charge in [-0.3, -0.25) is 0 Å². The molecule has 1 atom stereocenters. The molecule has 1 aliphatic rings. The summed E-state index contributed by atoms with van der Waals surface area (Å²) in [4.78, 5) is 11.4. The number of rotatable bonds is 4. The number of hydrogen-bond donors (Lipinski definition) is 1. The molecule has 0 amide bonds. The Morgan fingerprint density at radius 3 is 2.48 bits per heavy atom. The third kappa shape index (κ3) is 2.69. The Kier molecular flexibility index (Phi) is 3.53. The monoisotopic (exact) mass is 310 g/mol. The van der Waals surface area contributed by atoms with Gasteiger partial charge in [-0.05, 0) is 35.6 Å². The van der Waals surface area contributed by atoms with Gasteiger partial charge in [-0.1, -0.05) is 30.3 Å². The van der Waals surface area contributed by atoms with Crippen LogP contribution in [-0.4, -0.2) is 33.4 Å². The topological polar surface area (TPSA) is 80.0 Å². The fraction of sp³-hybridized carbons (Fsp3) is 0.375. The molecular formula is C16H18N6O. The molecule has 3 aromatic rings. The molecular weight excluding hydrogens is 292 g/mol. The first-order valence-corrected chi connectivity index (χ1v) is 7.88. The van der Waals surface area contributed by atoms with Crippen LogP contribution in [0.4, 0.5) is 11.6 Å². The number of aromatic nitrogens is 4. The van der Waals surface area contributed by atoms with Crippen molar-refractivity contribution in [2.75, 3.05) is 23.3 Å². The molecule has 4 rings (SSSR count). The van der Waals surface area contributed by atoms with Crippen LogP contribution in [0.3, 0.4) is 0 Å². The van der Waals surface area contributed by atoms with E-state index in [9.17, 15) is 0 Å². The van der Waals surface area contributed by atoms with E-state index in [0.29, 0.717) is 11.3 Å². The van der Waals surface area contributed by atoms with E-state index in [4.69, 9.17) is 4.63 Å². The van der Waals surface area contributed by atoms with E-state index in [-0.39, 0.29) is 6.04 Å². The fourth-order valence-corrected chi connectivity index (χ4v) is 2.91. The van der Waals surface area contributed by atoms with E-state index >= 15 is 0 Å². The maximum Gasteiger partial charge on any atom is 0.245 e. The largest absolute Gasteiger partial charge is 0.360 e. The van der Waals surface area contributed by atoms with Gasteiger partial charge in [0.2, 0.25) is 11.3 Å². The van der Waals surface area contributed by atoms with Crippen LogP contribution in [0.1, 0.15) is 31.4 Å². The highest BCUT2D eigenvalue weighted by Crippen LogP contribution is 2.29. The molecule has 2 aromatic heterocycles. The summed E-state index contributed by atoms with van der Waals surface area (Å²) in [6.07, 6.45) is 2.34. The van der Waals surface area contributed by atoms with E-state index in [0.717, 1.165) is 24.7 Å². The number of benzene rings is 1. The zero-order chi connectivity index (χ0) is 15.6. The first-order valence-electron chi connectivity index (χ1n) is 7.88. The summed E-state index contributed by atoms with van der Waals surface area (Å²) in [5.74, 6) is 1.56. The fourth-order valence-electron chi connectivity index (χ4n) is 2.91. The normalized spacial score (nSPS) is 16.0. The smallest absolute Gasteiger partial charge is 0.245 e. The van der Waals surface area contributed by atoms with Crippen molar-refractivity contribution in [1.29, 1.82) is 0 Å². The Morgan fingerprint density at radius 1 is 1.04 bits per heavy atom. The van der Waals surface area contributed by atoms with Gasteiger partial charge in [0.25, 0.3) is 0 Å². The van der Waals surface area contributed by atoms with Gasteiger partial charge in [0.1, 0.15) is 0 Å². The summed E-state index contributed by atoms with van der Waals surface area (Å²) >= 11 is 0. The van der Waals surface area contributed by atoms with Crippen molar-refractivity contribution in [3.63, 3.8) is 0 Å². The second-order valence-electron chi connectivity index (χ2n) is 5.78. The summed E-state index contributed by atoms with van der Waals surface area (Å²) in [5, 5.41) is 11.1. The molecule has 1 N–H and O–H groups in total. The molecule has 0 radical (unpaired) electrons. The lowest BCUT2D eigenvalue weighted by molar-refractivity contribution is 0.314. The molecule has 0 bridgehead atoms. The highest BCUT2D eigenvalue weighted by molar-refractivity contribution is 5.74. The van der Waals surface area contributed by atoms with Crippen LogP contribution in [-0.2, 0) is 0 Å². The molecule has 118 valence electrons. The summed E-state index contributed by atoms with van der Waals surface area (Å²) in [6, 6.07) is 10.4. The molecule has 7 heteroatoms. The molecule has 3 heterocycles. The molecule has 1 aromatic carbocycles. The lowest BCUT2D eigenvalue weighted by Gasteiger charge is -2.22. The summed E-state index contributed by atoms with van der Waals surface area (Å²) < 4.78 is 4.76. The van der Waals surface area contributed by atoms with Crippen molar-refractivity contribution in [2.45, 2.75) is 25.8 Å². The minimum atomic E-state index is 0.115. The lowest BCUT2D eigenvalue weighted by Crippen LogP contribution is -2.22. The average Bonchev–Trinajstić information content (AvgIpc) is 3.26. The molecule has 0 spiro atoms. The second kappa shape index (κ2) is 5.83. The van der Waals surface area contributed by atoms with Crippen molar-refractivity contribution >= 4 is 22.9 Å². The average molecular weight is 310 g/mol. The van der Waals surface area contributed by atoms with Gasteiger partial charge >= 0.3 is 0 Å². The molecule has 23 heavy (non-hydrogen) atoms.